The standard InChI is InChI=1S/C14H24N2O/c1-3-8-12(4-2)16-13(17)14(11-15)9-6-5-7-10-14/h1,12H,4-11,15H2,2H3,(H,16,17). The van der Waals surface area contributed by atoms with Crippen LogP contribution in [-0.4, -0.2) is 18.5 Å². The Morgan fingerprint density at radius 3 is 2.59 bits per heavy atom. The van der Waals surface area contributed by atoms with Crippen molar-refractivity contribution in [1.29, 1.82) is 0 Å². The Balaban J connectivity index is 2.62. The Morgan fingerprint density at radius 2 is 2.12 bits per heavy atom. The lowest BCUT2D eigenvalue weighted by Gasteiger charge is -2.35. The van der Waals surface area contributed by atoms with Crippen LogP contribution in [0.3, 0.4) is 0 Å². The molecule has 3 N–H and O–H groups in total. The van der Waals surface area contributed by atoms with E-state index in [2.05, 4.69) is 11.2 Å². The van der Waals surface area contributed by atoms with Crippen molar-refractivity contribution in [3.8, 4) is 12.3 Å². The minimum atomic E-state index is -0.333. The highest BCUT2D eigenvalue weighted by atomic mass is 16.2. The van der Waals surface area contributed by atoms with Crippen LogP contribution in [0.25, 0.3) is 0 Å². The summed E-state index contributed by atoms with van der Waals surface area (Å²) in [4.78, 5) is 12.3. The van der Waals surface area contributed by atoms with Crippen molar-refractivity contribution in [3.63, 3.8) is 0 Å². The second kappa shape index (κ2) is 6.66. The van der Waals surface area contributed by atoms with Crippen molar-refractivity contribution in [2.24, 2.45) is 11.1 Å². The maximum absolute atomic E-state index is 12.3. The molecule has 0 spiro atoms. The van der Waals surface area contributed by atoms with E-state index in [-0.39, 0.29) is 17.4 Å². The van der Waals surface area contributed by atoms with Crippen molar-refractivity contribution in [2.45, 2.75) is 57.9 Å². The molecule has 0 saturated heterocycles. The Morgan fingerprint density at radius 1 is 1.47 bits per heavy atom. The summed E-state index contributed by atoms with van der Waals surface area (Å²) < 4.78 is 0. The van der Waals surface area contributed by atoms with Gasteiger partial charge in [-0.1, -0.05) is 26.2 Å². The van der Waals surface area contributed by atoms with Crippen LogP contribution in [-0.2, 0) is 4.79 Å². The Hall–Kier alpha value is -1.01. The third-order valence-electron chi connectivity index (χ3n) is 3.88. The van der Waals surface area contributed by atoms with Gasteiger partial charge in [-0.3, -0.25) is 4.79 Å². The highest BCUT2D eigenvalue weighted by Crippen LogP contribution is 2.35. The summed E-state index contributed by atoms with van der Waals surface area (Å²) in [5.41, 5.74) is 5.50. The lowest BCUT2D eigenvalue weighted by atomic mass is 9.73. The zero-order valence-corrected chi connectivity index (χ0v) is 10.8. The van der Waals surface area contributed by atoms with E-state index in [9.17, 15) is 4.79 Å². The molecule has 17 heavy (non-hydrogen) atoms. The fraction of sp³-hybridized carbons (Fsp3) is 0.786. The van der Waals surface area contributed by atoms with Gasteiger partial charge in [-0.2, -0.15) is 0 Å². The molecule has 96 valence electrons. The molecule has 0 radical (unpaired) electrons. The van der Waals surface area contributed by atoms with Gasteiger partial charge in [0, 0.05) is 19.0 Å². The van der Waals surface area contributed by atoms with Gasteiger partial charge >= 0.3 is 0 Å². The van der Waals surface area contributed by atoms with E-state index in [0.717, 1.165) is 32.1 Å². The molecule has 1 fully saturated rings. The zero-order valence-electron chi connectivity index (χ0n) is 10.8. The molecule has 0 aromatic heterocycles. The third-order valence-corrected chi connectivity index (χ3v) is 3.88. The lowest BCUT2D eigenvalue weighted by Crippen LogP contribution is -2.50. The van der Waals surface area contributed by atoms with Crippen LogP contribution in [0.4, 0.5) is 0 Å². The minimum Gasteiger partial charge on any atom is -0.352 e. The summed E-state index contributed by atoms with van der Waals surface area (Å²) in [7, 11) is 0. The number of carbonyl (C=O) groups excluding carboxylic acids is 1. The van der Waals surface area contributed by atoms with Crippen molar-refractivity contribution in [2.75, 3.05) is 6.54 Å². The first-order valence-corrected chi connectivity index (χ1v) is 6.63. The number of carbonyl (C=O) groups is 1. The summed E-state index contributed by atoms with van der Waals surface area (Å²) >= 11 is 0. The Bertz CT molecular complexity index is 287. The van der Waals surface area contributed by atoms with Crippen molar-refractivity contribution in [1.82, 2.24) is 5.32 Å². The average molecular weight is 236 g/mol. The van der Waals surface area contributed by atoms with Gasteiger partial charge in [0.1, 0.15) is 0 Å². The number of nitrogens with two attached hydrogens (primary N) is 1. The fourth-order valence-electron chi connectivity index (χ4n) is 2.53. The number of amides is 1. The number of hydrogen-bond acceptors (Lipinski definition) is 2. The maximum atomic E-state index is 12.3. The third kappa shape index (κ3) is 3.47. The molecule has 1 saturated carbocycles. The molecule has 0 aliphatic heterocycles. The van der Waals surface area contributed by atoms with E-state index in [0.29, 0.717) is 13.0 Å². The minimum absolute atomic E-state index is 0.0952. The Kier molecular flexibility index (Phi) is 5.50. The molecule has 3 nitrogen and oxygen atoms in total. The zero-order chi connectivity index (χ0) is 12.7. The quantitative estimate of drug-likeness (QED) is 0.715. The predicted molar refractivity (Wildman–Crippen MR) is 70.2 cm³/mol. The van der Waals surface area contributed by atoms with E-state index in [1.807, 2.05) is 6.92 Å². The van der Waals surface area contributed by atoms with Gasteiger partial charge in [0.05, 0.1) is 5.41 Å². The summed E-state index contributed by atoms with van der Waals surface area (Å²) in [5, 5.41) is 3.07. The van der Waals surface area contributed by atoms with Crippen LogP contribution in [0, 0.1) is 17.8 Å². The van der Waals surface area contributed by atoms with Crippen LogP contribution in [0.1, 0.15) is 51.9 Å². The highest BCUT2D eigenvalue weighted by Gasteiger charge is 2.38. The van der Waals surface area contributed by atoms with Crippen LogP contribution in [0.5, 0.6) is 0 Å². The number of hydrogen-bond donors (Lipinski definition) is 2. The SMILES string of the molecule is C#CCC(CC)NC(=O)C1(CN)CCCCC1. The molecule has 1 atom stereocenters. The van der Waals surface area contributed by atoms with Gasteiger partial charge in [-0.15, -0.1) is 12.3 Å². The molecular weight excluding hydrogens is 212 g/mol. The van der Waals surface area contributed by atoms with E-state index in [4.69, 9.17) is 12.2 Å². The van der Waals surface area contributed by atoms with E-state index in [1.165, 1.54) is 6.42 Å². The molecular formula is C14H24N2O. The molecule has 1 amide bonds. The number of nitrogens with one attached hydrogen (secondary N) is 1. The van der Waals surface area contributed by atoms with Crippen LogP contribution >= 0.6 is 0 Å². The second-order valence-corrected chi connectivity index (χ2v) is 5.03. The molecule has 0 aromatic rings. The van der Waals surface area contributed by atoms with Crippen molar-refractivity contribution < 1.29 is 4.79 Å². The summed E-state index contributed by atoms with van der Waals surface area (Å²) in [6.07, 6.45) is 12.0. The topological polar surface area (TPSA) is 55.1 Å². The predicted octanol–water partition coefficient (Wildman–Crippen LogP) is 1.81. The number of rotatable bonds is 5. The monoisotopic (exact) mass is 236 g/mol. The van der Waals surface area contributed by atoms with E-state index in [1.54, 1.807) is 0 Å². The lowest BCUT2D eigenvalue weighted by molar-refractivity contribution is -0.133. The van der Waals surface area contributed by atoms with Gasteiger partial charge < -0.3 is 11.1 Å². The highest BCUT2D eigenvalue weighted by molar-refractivity contribution is 5.83. The van der Waals surface area contributed by atoms with Gasteiger partial charge in [0.2, 0.25) is 5.91 Å². The molecule has 1 unspecified atom stereocenters. The smallest absolute Gasteiger partial charge is 0.227 e. The van der Waals surface area contributed by atoms with Crippen LogP contribution in [0.15, 0.2) is 0 Å². The molecule has 3 heteroatoms. The first-order valence-electron chi connectivity index (χ1n) is 6.63. The number of terminal acetylenes is 1. The maximum Gasteiger partial charge on any atom is 0.227 e. The normalized spacial score (nSPS) is 20.3. The van der Waals surface area contributed by atoms with Crippen LogP contribution < -0.4 is 11.1 Å². The first kappa shape index (κ1) is 14.1. The molecule has 1 rings (SSSR count). The van der Waals surface area contributed by atoms with Gasteiger partial charge in [-0.25, -0.2) is 0 Å². The van der Waals surface area contributed by atoms with E-state index < -0.39 is 0 Å². The molecule has 0 aromatic carbocycles. The van der Waals surface area contributed by atoms with Gasteiger partial charge in [0.25, 0.3) is 0 Å². The molecule has 0 bridgehead atoms. The Labute approximate surface area is 105 Å². The fourth-order valence-corrected chi connectivity index (χ4v) is 2.53. The summed E-state index contributed by atoms with van der Waals surface area (Å²) in [6, 6.07) is 0.0952. The molecule has 1 aliphatic rings. The summed E-state index contributed by atoms with van der Waals surface area (Å²) in [6.45, 7) is 2.49. The van der Waals surface area contributed by atoms with Gasteiger partial charge in [-0.05, 0) is 19.3 Å². The second-order valence-electron chi connectivity index (χ2n) is 5.03. The van der Waals surface area contributed by atoms with Gasteiger partial charge in [0.15, 0.2) is 0 Å². The van der Waals surface area contributed by atoms with Crippen molar-refractivity contribution in [3.05, 3.63) is 0 Å². The first-order chi connectivity index (χ1) is 8.18. The molecule has 0 heterocycles. The largest absolute Gasteiger partial charge is 0.352 e. The average Bonchev–Trinajstić information content (AvgIpc) is 2.38. The van der Waals surface area contributed by atoms with E-state index >= 15 is 0 Å². The summed E-state index contributed by atoms with van der Waals surface area (Å²) in [5.74, 6) is 2.72. The van der Waals surface area contributed by atoms with Crippen LogP contribution in [0.2, 0.25) is 0 Å². The molecule has 1 aliphatic carbocycles. The van der Waals surface area contributed by atoms with Crippen molar-refractivity contribution >= 4 is 5.91 Å².